The maximum atomic E-state index is 12.9. The fraction of sp³-hybridized carbons (Fsp3) is 0.448. The fourth-order valence-corrected chi connectivity index (χ4v) is 5.00. The highest BCUT2D eigenvalue weighted by atomic mass is 16.5. The van der Waals surface area contributed by atoms with E-state index in [9.17, 15) is 9.59 Å². The van der Waals surface area contributed by atoms with Crippen molar-refractivity contribution in [2.24, 2.45) is 0 Å². The Hall–Kier alpha value is -2.96. The van der Waals surface area contributed by atoms with Crippen LogP contribution in [-0.2, 0) is 4.79 Å². The minimum atomic E-state index is -0.335. The van der Waals surface area contributed by atoms with Gasteiger partial charge >= 0.3 is 5.97 Å². The first-order valence-electron chi connectivity index (χ1n) is 12.6. The summed E-state index contributed by atoms with van der Waals surface area (Å²) in [4.78, 5) is 31.2. The lowest BCUT2D eigenvalue weighted by atomic mass is 9.92. The third-order valence-corrected chi connectivity index (χ3v) is 6.82. The first-order valence-corrected chi connectivity index (χ1v) is 12.6. The third kappa shape index (κ3) is 6.38. The minimum absolute atomic E-state index is 0.0357. The van der Waals surface area contributed by atoms with Gasteiger partial charge in [-0.25, -0.2) is 0 Å². The lowest BCUT2D eigenvalue weighted by Gasteiger charge is -2.47. The van der Waals surface area contributed by atoms with Crippen molar-refractivity contribution in [2.75, 3.05) is 32.7 Å². The van der Waals surface area contributed by atoms with E-state index in [0.29, 0.717) is 36.5 Å². The largest absolute Gasteiger partial charge is 0.427 e. The second-order valence-corrected chi connectivity index (χ2v) is 9.31. The predicted molar refractivity (Wildman–Crippen MR) is 141 cm³/mol. The molecule has 2 aromatic carbocycles. The normalized spacial score (nSPS) is 19.7. The molecule has 188 valence electrons. The Labute approximate surface area is 210 Å². The van der Waals surface area contributed by atoms with Crippen LogP contribution in [0.2, 0.25) is 0 Å². The number of ether oxygens (including phenoxy) is 1. The van der Waals surface area contributed by atoms with Crippen LogP contribution in [0.15, 0.2) is 61.2 Å². The van der Waals surface area contributed by atoms with E-state index in [-0.39, 0.29) is 17.9 Å². The first-order chi connectivity index (χ1) is 16.8. The molecule has 1 amide bonds. The number of hydrogen-bond acceptors (Lipinski definition) is 5. The van der Waals surface area contributed by atoms with Gasteiger partial charge in [-0.2, -0.15) is 0 Å². The van der Waals surface area contributed by atoms with Crippen molar-refractivity contribution >= 4 is 11.9 Å². The molecule has 0 radical (unpaired) electrons. The number of amides is 1. The van der Waals surface area contributed by atoms with E-state index in [1.807, 2.05) is 55.2 Å². The van der Waals surface area contributed by atoms with Gasteiger partial charge in [0.15, 0.2) is 0 Å². The summed E-state index contributed by atoms with van der Waals surface area (Å²) in [6.07, 6.45) is 1.96. The Kier molecular flexibility index (Phi) is 9.24. The van der Waals surface area contributed by atoms with Crippen LogP contribution in [0.3, 0.4) is 0 Å². The Morgan fingerprint density at radius 1 is 1.06 bits per heavy atom. The van der Waals surface area contributed by atoms with E-state index in [1.54, 1.807) is 0 Å². The van der Waals surface area contributed by atoms with Crippen molar-refractivity contribution in [2.45, 2.75) is 52.7 Å². The maximum Gasteiger partial charge on any atom is 0.308 e. The summed E-state index contributed by atoms with van der Waals surface area (Å²) in [7, 11) is 0. The first kappa shape index (κ1) is 26.6. The van der Waals surface area contributed by atoms with Gasteiger partial charge in [0.2, 0.25) is 0 Å². The predicted octanol–water partition coefficient (Wildman–Crippen LogP) is 4.76. The number of benzene rings is 2. The van der Waals surface area contributed by atoms with Crippen LogP contribution in [-0.4, -0.2) is 71.4 Å². The lowest BCUT2D eigenvalue weighted by molar-refractivity contribution is -0.131. The summed E-state index contributed by atoms with van der Waals surface area (Å²) in [5, 5.41) is 0. The zero-order valence-electron chi connectivity index (χ0n) is 21.7. The average molecular weight is 478 g/mol. The van der Waals surface area contributed by atoms with Gasteiger partial charge in [0.25, 0.3) is 5.91 Å². The average Bonchev–Trinajstić information content (AvgIpc) is 2.83. The summed E-state index contributed by atoms with van der Waals surface area (Å²) >= 11 is 0. The smallest absolute Gasteiger partial charge is 0.308 e. The molecule has 0 saturated carbocycles. The Morgan fingerprint density at radius 3 is 2.34 bits per heavy atom. The molecule has 3 atom stereocenters. The van der Waals surface area contributed by atoms with Gasteiger partial charge in [0, 0.05) is 57.3 Å². The van der Waals surface area contributed by atoms with Gasteiger partial charge in [-0.05, 0) is 63.1 Å². The van der Waals surface area contributed by atoms with Crippen LogP contribution < -0.4 is 4.74 Å². The Bertz CT molecular complexity index is 1020. The number of esters is 1. The molecule has 0 bridgehead atoms. The quantitative estimate of drug-likeness (QED) is 0.296. The van der Waals surface area contributed by atoms with Crippen LogP contribution in [0.25, 0.3) is 0 Å². The van der Waals surface area contributed by atoms with Gasteiger partial charge in [-0.1, -0.05) is 30.3 Å². The van der Waals surface area contributed by atoms with Crippen LogP contribution in [0.5, 0.6) is 5.75 Å². The lowest BCUT2D eigenvalue weighted by Crippen LogP contribution is -2.57. The van der Waals surface area contributed by atoms with E-state index in [2.05, 4.69) is 48.4 Å². The molecule has 1 fully saturated rings. The monoisotopic (exact) mass is 477 g/mol. The van der Waals surface area contributed by atoms with Crippen LogP contribution >= 0.6 is 0 Å². The summed E-state index contributed by atoms with van der Waals surface area (Å²) in [6, 6.07) is 16.4. The summed E-state index contributed by atoms with van der Waals surface area (Å²) < 4.78 is 5.40. The molecule has 3 unspecified atom stereocenters. The number of piperazine rings is 1. The van der Waals surface area contributed by atoms with Crippen molar-refractivity contribution in [3.05, 3.63) is 77.9 Å². The topological polar surface area (TPSA) is 53.1 Å². The SMILES string of the molecule is C=CCN1CC(C)N(C(c2ccc(C(=O)N(CC)CC)cc2)c2cccc(OC(C)=O)c2)CC1C. The van der Waals surface area contributed by atoms with Gasteiger partial charge in [0.1, 0.15) is 5.75 Å². The van der Waals surface area contributed by atoms with Gasteiger partial charge in [-0.15, -0.1) is 6.58 Å². The molecule has 3 rings (SSSR count). The highest BCUT2D eigenvalue weighted by Crippen LogP contribution is 2.35. The number of carbonyl (C=O) groups excluding carboxylic acids is 2. The number of nitrogens with zero attached hydrogens (tertiary/aromatic N) is 3. The van der Waals surface area contributed by atoms with Crippen molar-refractivity contribution in [1.82, 2.24) is 14.7 Å². The second-order valence-electron chi connectivity index (χ2n) is 9.31. The van der Waals surface area contributed by atoms with E-state index in [4.69, 9.17) is 4.74 Å². The van der Waals surface area contributed by atoms with E-state index in [0.717, 1.165) is 30.8 Å². The summed E-state index contributed by atoms with van der Waals surface area (Å²) in [5.74, 6) is 0.257. The molecule has 1 aliphatic heterocycles. The van der Waals surface area contributed by atoms with Crippen molar-refractivity contribution < 1.29 is 14.3 Å². The molecule has 35 heavy (non-hydrogen) atoms. The summed E-state index contributed by atoms with van der Waals surface area (Å²) in [6.45, 7) is 17.9. The van der Waals surface area contributed by atoms with E-state index in [1.165, 1.54) is 6.92 Å². The van der Waals surface area contributed by atoms with Crippen LogP contribution in [0.1, 0.15) is 62.1 Å². The van der Waals surface area contributed by atoms with Crippen LogP contribution in [0.4, 0.5) is 0 Å². The molecule has 1 aliphatic rings. The standard InChI is InChI=1S/C29H39N3O3/c1-7-17-31-19-22(5)32(20-21(31)4)28(26-11-10-12-27(18-26)35-23(6)33)24-13-15-25(16-14-24)29(34)30(8-2)9-3/h7,10-16,18,21-22,28H,1,8-9,17,19-20H2,2-6H3. The van der Waals surface area contributed by atoms with Crippen LogP contribution in [0, 0.1) is 0 Å². The number of rotatable bonds is 9. The highest BCUT2D eigenvalue weighted by molar-refractivity contribution is 5.94. The van der Waals surface area contributed by atoms with Crippen molar-refractivity contribution in [3.63, 3.8) is 0 Å². The van der Waals surface area contributed by atoms with Crippen molar-refractivity contribution in [3.8, 4) is 5.75 Å². The molecule has 0 N–H and O–H groups in total. The van der Waals surface area contributed by atoms with Crippen molar-refractivity contribution in [1.29, 1.82) is 0 Å². The van der Waals surface area contributed by atoms with E-state index < -0.39 is 0 Å². The van der Waals surface area contributed by atoms with Gasteiger partial charge in [0.05, 0.1) is 6.04 Å². The van der Waals surface area contributed by atoms with Gasteiger partial charge in [-0.3, -0.25) is 19.4 Å². The Balaban J connectivity index is 2.00. The maximum absolute atomic E-state index is 12.9. The fourth-order valence-electron chi connectivity index (χ4n) is 5.00. The second kappa shape index (κ2) is 12.1. The van der Waals surface area contributed by atoms with E-state index >= 15 is 0 Å². The van der Waals surface area contributed by atoms with Gasteiger partial charge < -0.3 is 9.64 Å². The molecule has 0 aliphatic carbocycles. The molecule has 0 aromatic heterocycles. The molecule has 6 nitrogen and oxygen atoms in total. The molecular weight excluding hydrogens is 438 g/mol. The zero-order valence-corrected chi connectivity index (χ0v) is 21.7. The molecule has 0 spiro atoms. The minimum Gasteiger partial charge on any atom is -0.427 e. The number of hydrogen-bond donors (Lipinski definition) is 0. The zero-order chi connectivity index (χ0) is 25.5. The number of carbonyl (C=O) groups is 2. The summed E-state index contributed by atoms with van der Waals surface area (Å²) in [5.41, 5.74) is 2.86. The molecular formula is C29H39N3O3. The third-order valence-electron chi connectivity index (χ3n) is 6.82. The Morgan fingerprint density at radius 2 is 1.74 bits per heavy atom. The molecule has 1 heterocycles. The molecule has 6 heteroatoms. The highest BCUT2D eigenvalue weighted by Gasteiger charge is 2.34. The molecule has 1 saturated heterocycles. The molecule has 2 aromatic rings.